The maximum Gasteiger partial charge on any atom is 0.338 e. The first-order valence-electron chi connectivity index (χ1n) is 5.76. The lowest BCUT2D eigenvalue weighted by Crippen LogP contribution is -2.04. The highest BCUT2D eigenvalue weighted by atomic mass is 19.1. The molecule has 0 heterocycles. The molecule has 1 aromatic rings. The van der Waals surface area contributed by atoms with E-state index in [4.69, 9.17) is 4.74 Å². The molecule has 0 saturated carbocycles. The second-order valence-electron chi connectivity index (χ2n) is 3.79. The van der Waals surface area contributed by atoms with Crippen LogP contribution in [0.2, 0.25) is 0 Å². The van der Waals surface area contributed by atoms with E-state index in [0.717, 1.165) is 24.7 Å². The Balaban J connectivity index is 2.61. The number of ether oxygens (including phenoxy) is 3. The number of carbonyl (C=O) groups is 2. The third-order valence-electron chi connectivity index (χ3n) is 2.06. The summed E-state index contributed by atoms with van der Waals surface area (Å²) in [4.78, 5) is 22.0. The number of hydrogen-bond acceptors (Lipinski definition) is 5. The second-order valence-corrected chi connectivity index (χ2v) is 3.79. The van der Waals surface area contributed by atoms with E-state index in [1.54, 1.807) is 0 Å². The molecule has 110 valence electrons. The average molecular weight is 292 g/mol. The van der Waals surface area contributed by atoms with Gasteiger partial charge in [0.1, 0.15) is 18.3 Å². The molecule has 0 amide bonds. The summed E-state index contributed by atoms with van der Waals surface area (Å²) in [6.07, 6.45) is 2.98. The Labute approximate surface area is 120 Å². The summed E-state index contributed by atoms with van der Waals surface area (Å²) in [5.41, 5.74) is 0.235. The van der Waals surface area contributed by atoms with Crippen LogP contribution >= 0.6 is 0 Å². The van der Waals surface area contributed by atoms with Crippen LogP contribution < -0.4 is 9.47 Å². The number of hydrogen-bond donors (Lipinski definition) is 0. The number of carbonyl (C=O) groups excluding carboxylic acids is 2. The minimum atomic E-state index is -0.782. The Morgan fingerprint density at radius 2 is 2.00 bits per heavy atom. The van der Waals surface area contributed by atoms with Gasteiger partial charge in [0.2, 0.25) is 0 Å². The standard InChI is InChI=1S/C15H13FO5/c1-4-14(17)21-13-6-5-11(9-12(13)16)19-7-8-20-15(18)10(2)3/h4-9H,1-2H2,3H3/b8-7-. The van der Waals surface area contributed by atoms with Crippen LogP contribution in [0.4, 0.5) is 4.39 Å². The Bertz CT molecular complexity index is 604. The van der Waals surface area contributed by atoms with Crippen LogP contribution in [-0.2, 0) is 14.3 Å². The van der Waals surface area contributed by atoms with Crippen molar-refractivity contribution in [3.63, 3.8) is 0 Å². The molecule has 21 heavy (non-hydrogen) atoms. The summed E-state index contributed by atoms with van der Waals surface area (Å²) >= 11 is 0. The van der Waals surface area contributed by atoms with Gasteiger partial charge in [-0.2, -0.15) is 0 Å². The summed E-state index contributed by atoms with van der Waals surface area (Å²) in [5.74, 6) is -2.27. The fourth-order valence-corrected chi connectivity index (χ4v) is 1.08. The van der Waals surface area contributed by atoms with Gasteiger partial charge in [0.05, 0.1) is 0 Å². The van der Waals surface area contributed by atoms with E-state index in [-0.39, 0.29) is 17.1 Å². The molecule has 0 aliphatic rings. The summed E-state index contributed by atoms with van der Waals surface area (Å²) in [7, 11) is 0. The van der Waals surface area contributed by atoms with Crippen LogP contribution in [0.1, 0.15) is 6.92 Å². The smallest absolute Gasteiger partial charge is 0.338 e. The maximum absolute atomic E-state index is 13.6. The van der Waals surface area contributed by atoms with Gasteiger partial charge in [-0.3, -0.25) is 0 Å². The molecular weight excluding hydrogens is 279 g/mol. The molecule has 0 atom stereocenters. The highest BCUT2D eigenvalue weighted by Gasteiger charge is 2.08. The van der Waals surface area contributed by atoms with Crippen molar-refractivity contribution in [1.82, 2.24) is 0 Å². The molecule has 0 radical (unpaired) electrons. The van der Waals surface area contributed by atoms with Crippen LogP contribution in [0.25, 0.3) is 0 Å². The summed E-state index contributed by atoms with van der Waals surface area (Å²) in [6, 6.07) is 3.61. The zero-order chi connectivity index (χ0) is 15.8. The van der Waals surface area contributed by atoms with Crippen molar-refractivity contribution < 1.29 is 28.2 Å². The van der Waals surface area contributed by atoms with Crippen molar-refractivity contribution in [2.75, 3.05) is 0 Å². The Morgan fingerprint density at radius 3 is 2.57 bits per heavy atom. The predicted octanol–water partition coefficient (Wildman–Crippen LogP) is 2.89. The highest BCUT2D eigenvalue weighted by molar-refractivity contribution is 5.87. The fourth-order valence-electron chi connectivity index (χ4n) is 1.08. The van der Waals surface area contributed by atoms with Gasteiger partial charge < -0.3 is 14.2 Å². The van der Waals surface area contributed by atoms with Crippen LogP contribution in [0.15, 0.2) is 55.5 Å². The lowest BCUT2D eigenvalue weighted by atomic mass is 10.3. The summed E-state index contributed by atoms with van der Waals surface area (Å²) < 4.78 is 27.9. The van der Waals surface area contributed by atoms with E-state index < -0.39 is 17.8 Å². The third kappa shape index (κ3) is 5.32. The van der Waals surface area contributed by atoms with Crippen LogP contribution in [0.3, 0.4) is 0 Å². The van der Waals surface area contributed by atoms with Gasteiger partial charge in [-0.15, -0.1) is 0 Å². The topological polar surface area (TPSA) is 61.8 Å². The Kier molecular flexibility index (Phi) is 5.88. The van der Waals surface area contributed by atoms with Crippen LogP contribution in [-0.4, -0.2) is 11.9 Å². The molecule has 5 nitrogen and oxygen atoms in total. The Morgan fingerprint density at radius 1 is 1.29 bits per heavy atom. The molecule has 0 fully saturated rings. The van der Waals surface area contributed by atoms with Gasteiger partial charge in [0, 0.05) is 17.7 Å². The van der Waals surface area contributed by atoms with Gasteiger partial charge in [-0.1, -0.05) is 13.2 Å². The molecule has 6 heteroatoms. The average Bonchev–Trinajstić information content (AvgIpc) is 2.45. The maximum atomic E-state index is 13.6. The first-order chi connectivity index (χ1) is 9.93. The zero-order valence-corrected chi connectivity index (χ0v) is 11.3. The third-order valence-corrected chi connectivity index (χ3v) is 2.06. The van der Waals surface area contributed by atoms with Crippen LogP contribution in [0, 0.1) is 5.82 Å². The van der Waals surface area contributed by atoms with Crippen molar-refractivity contribution in [3.8, 4) is 11.5 Å². The molecule has 0 saturated heterocycles. The van der Waals surface area contributed by atoms with Gasteiger partial charge in [-0.05, 0) is 19.1 Å². The van der Waals surface area contributed by atoms with Gasteiger partial charge in [-0.25, -0.2) is 14.0 Å². The van der Waals surface area contributed by atoms with E-state index in [1.165, 1.54) is 19.1 Å². The molecule has 0 unspecified atom stereocenters. The lowest BCUT2D eigenvalue weighted by molar-refractivity contribution is -0.133. The van der Waals surface area contributed by atoms with Crippen molar-refractivity contribution in [1.29, 1.82) is 0 Å². The molecule has 1 aromatic carbocycles. The molecule has 1 rings (SSSR count). The number of esters is 2. The number of benzene rings is 1. The van der Waals surface area contributed by atoms with Gasteiger partial charge >= 0.3 is 11.9 Å². The molecule has 0 N–H and O–H groups in total. The normalized spacial score (nSPS) is 10.0. The first kappa shape index (κ1) is 16.2. The highest BCUT2D eigenvalue weighted by Crippen LogP contribution is 2.23. The molecule has 0 aliphatic heterocycles. The zero-order valence-electron chi connectivity index (χ0n) is 11.3. The van der Waals surface area contributed by atoms with Crippen molar-refractivity contribution in [2.24, 2.45) is 0 Å². The van der Waals surface area contributed by atoms with E-state index in [2.05, 4.69) is 22.6 Å². The molecule has 0 aromatic heterocycles. The van der Waals surface area contributed by atoms with Crippen LogP contribution in [0.5, 0.6) is 11.5 Å². The van der Waals surface area contributed by atoms with Gasteiger partial charge in [0.25, 0.3) is 0 Å². The largest absolute Gasteiger partial charge is 0.462 e. The Hall–Kier alpha value is -2.89. The van der Waals surface area contributed by atoms with Crippen molar-refractivity contribution in [3.05, 3.63) is 61.3 Å². The van der Waals surface area contributed by atoms with Crippen molar-refractivity contribution in [2.45, 2.75) is 6.92 Å². The van der Waals surface area contributed by atoms with Gasteiger partial charge in [0.15, 0.2) is 11.6 Å². The van der Waals surface area contributed by atoms with E-state index >= 15 is 0 Å². The van der Waals surface area contributed by atoms with Crippen molar-refractivity contribution >= 4 is 11.9 Å². The minimum Gasteiger partial charge on any atom is -0.462 e. The second kappa shape index (κ2) is 7.64. The molecular formula is C15H13FO5. The van der Waals surface area contributed by atoms with E-state index in [9.17, 15) is 14.0 Å². The monoisotopic (exact) mass is 292 g/mol. The number of halogens is 1. The van der Waals surface area contributed by atoms with E-state index in [1.807, 2.05) is 0 Å². The molecule has 0 bridgehead atoms. The minimum absolute atomic E-state index is 0.133. The predicted molar refractivity (Wildman–Crippen MR) is 72.9 cm³/mol. The fraction of sp³-hybridized carbons (Fsp3) is 0.0667. The van der Waals surface area contributed by atoms with E-state index in [0.29, 0.717) is 0 Å². The lowest BCUT2D eigenvalue weighted by Gasteiger charge is -2.05. The molecule has 0 spiro atoms. The summed E-state index contributed by atoms with van der Waals surface area (Å²) in [5, 5.41) is 0. The quantitative estimate of drug-likeness (QED) is 0.349. The first-order valence-corrected chi connectivity index (χ1v) is 5.76. The summed E-state index contributed by atoms with van der Waals surface area (Å²) in [6.45, 7) is 8.09. The molecule has 0 aliphatic carbocycles. The number of rotatable bonds is 6. The SMILES string of the molecule is C=CC(=O)Oc1ccc(O/C=C\OC(=O)C(=C)C)cc1F.